The van der Waals surface area contributed by atoms with E-state index in [0.29, 0.717) is 11.5 Å². The Labute approximate surface area is 216 Å². The van der Waals surface area contributed by atoms with E-state index >= 15 is 0 Å². The first-order valence-electron chi connectivity index (χ1n) is 13.7. The Morgan fingerprint density at radius 3 is 2.22 bits per heavy atom. The highest BCUT2D eigenvalue weighted by atomic mass is 16.6. The van der Waals surface area contributed by atoms with Crippen molar-refractivity contribution in [2.45, 2.75) is 64.5 Å². The van der Waals surface area contributed by atoms with Crippen LogP contribution < -0.4 is 4.90 Å². The van der Waals surface area contributed by atoms with Gasteiger partial charge in [0.2, 0.25) is 0 Å². The highest BCUT2D eigenvalue weighted by Crippen LogP contribution is 2.25. The van der Waals surface area contributed by atoms with Crippen LogP contribution in [0.2, 0.25) is 0 Å². The summed E-state index contributed by atoms with van der Waals surface area (Å²) >= 11 is 0. The monoisotopic (exact) mass is 500 g/mol. The Kier molecular flexibility index (Phi) is 8.78. The molecule has 1 aromatic rings. The molecule has 3 saturated heterocycles. The maximum atomic E-state index is 12.8. The van der Waals surface area contributed by atoms with Crippen molar-refractivity contribution in [3.8, 4) is 0 Å². The van der Waals surface area contributed by atoms with Crippen molar-refractivity contribution >= 4 is 17.7 Å². The summed E-state index contributed by atoms with van der Waals surface area (Å²) in [6.45, 7) is 13.3. The second-order valence-corrected chi connectivity index (χ2v) is 11.6. The highest BCUT2D eigenvalue weighted by molar-refractivity contribution is 5.95. The van der Waals surface area contributed by atoms with Gasteiger partial charge >= 0.3 is 6.09 Å². The molecule has 2 amide bonds. The van der Waals surface area contributed by atoms with Crippen LogP contribution in [0.1, 0.15) is 63.2 Å². The summed E-state index contributed by atoms with van der Waals surface area (Å²) in [6, 6.07) is 7.94. The average molecular weight is 501 g/mol. The van der Waals surface area contributed by atoms with Gasteiger partial charge in [0.05, 0.1) is 12.6 Å². The van der Waals surface area contributed by atoms with E-state index < -0.39 is 5.60 Å². The molecule has 0 unspecified atom stereocenters. The lowest BCUT2D eigenvalue weighted by Gasteiger charge is -2.38. The van der Waals surface area contributed by atoms with Crippen LogP contribution in [0.15, 0.2) is 24.3 Å². The molecule has 4 rings (SSSR count). The van der Waals surface area contributed by atoms with Gasteiger partial charge in [-0.3, -0.25) is 9.69 Å². The third-order valence-electron chi connectivity index (χ3n) is 7.82. The maximum absolute atomic E-state index is 12.8. The SMILES string of the molecule is CC(C)(C)OC(=O)N1CCC(CCN2CCN(c3ccc(C(=O)N4CCC[C@H]4CO)cc3)CC2)CC1. The van der Waals surface area contributed by atoms with Gasteiger partial charge in [-0.2, -0.15) is 0 Å². The quantitative estimate of drug-likeness (QED) is 0.645. The number of anilines is 1. The molecular weight excluding hydrogens is 456 g/mol. The molecule has 0 saturated carbocycles. The molecular formula is C28H44N4O4. The fourth-order valence-electron chi connectivity index (χ4n) is 5.60. The lowest BCUT2D eigenvalue weighted by Crippen LogP contribution is -2.47. The number of carbonyl (C=O) groups is 2. The zero-order valence-corrected chi connectivity index (χ0v) is 22.3. The zero-order chi connectivity index (χ0) is 25.7. The van der Waals surface area contributed by atoms with E-state index in [2.05, 4.69) is 21.9 Å². The number of carbonyl (C=O) groups excluding carboxylic acids is 2. The Bertz CT molecular complexity index is 869. The lowest BCUT2D eigenvalue weighted by atomic mass is 9.93. The zero-order valence-electron chi connectivity index (χ0n) is 22.3. The normalized spacial score (nSPS) is 22.2. The number of hydrogen-bond acceptors (Lipinski definition) is 6. The summed E-state index contributed by atoms with van der Waals surface area (Å²) in [5, 5.41) is 9.52. The van der Waals surface area contributed by atoms with E-state index in [9.17, 15) is 14.7 Å². The molecule has 1 N–H and O–H groups in total. The second kappa shape index (κ2) is 11.8. The smallest absolute Gasteiger partial charge is 0.410 e. The number of amides is 2. The van der Waals surface area contributed by atoms with Gasteiger partial charge in [0.25, 0.3) is 5.91 Å². The van der Waals surface area contributed by atoms with Crippen molar-refractivity contribution in [3.63, 3.8) is 0 Å². The van der Waals surface area contributed by atoms with Crippen molar-refractivity contribution in [1.29, 1.82) is 0 Å². The molecule has 0 aromatic heterocycles. The first-order chi connectivity index (χ1) is 17.2. The lowest BCUT2D eigenvalue weighted by molar-refractivity contribution is 0.0177. The summed E-state index contributed by atoms with van der Waals surface area (Å²) in [6.07, 6.45) is 4.96. The van der Waals surface area contributed by atoms with E-state index in [1.54, 1.807) is 0 Å². The number of ether oxygens (including phenoxy) is 1. The summed E-state index contributed by atoms with van der Waals surface area (Å²) in [5.41, 5.74) is 1.43. The fourth-order valence-corrected chi connectivity index (χ4v) is 5.60. The Morgan fingerprint density at radius 2 is 1.61 bits per heavy atom. The van der Waals surface area contributed by atoms with Crippen LogP contribution in [0.4, 0.5) is 10.5 Å². The van der Waals surface area contributed by atoms with E-state index in [1.165, 1.54) is 12.1 Å². The minimum absolute atomic E-state index is 0.0276. The molecule has 0 spiro atoms. The Morgan fingerprint density at radius 1 is 0.944 bits per heavy atom. The van der Waals surface area contributed by atoms with E-state index in [1.807, 2.05) is 42.7 Å². The van der Waals surface area contributed by atoms with Crippen LogP contribution in [0.5, 0.6) is 0 Å². The van der Waals surface area contributed by atoms with Crippen molar-refractivity contribution < 1.29 is 19.4 Å². The number of piperazine rings is 1. The first-order valence-corrected chi connectivity index (χ1v) is 13.7. The fraction of sp³-hybridized carbons (Fsp3) is 0.714. The number of likely N-dealkylation sites (tertiary alicyclic amines) is 2. The third-order valence-corrected chi connectivity index (χ3v) is 7.82. The predicted molar refractivity (Wildman–Crippen MR) is 141 cm³/mol. The summed E-state index contributed by atoms with van der Waals surface area (Å²) < 4.78 is 5.51. The van der Waals surface area contributed by atoms with Gasteiger partial charge < -0.3 is 24.5 Å². The molecule has 1 atom stereocenters. The molecule has 3 aliphatic heterocycles. The average Bonchev–Trinajstić information content (AvgIpc) is 3.36. The van der Waals surface area contributed by atoms with Gasteiger partial charge in [-0.25, -0.2) is 4.79 Å². The number of aliphatic hydroxyl groups excluding tert-OH is 1. The number of hydrogen-bond donors (Lipinski definition) is 1. The standard InChI is InChI=1S/C28H44N4O4/c1-28(2,3)36-27(35)31-15-11-22(12-16-31)10-14-29-17-19-30(20-18-29)24-8-6-23(7-9-24)26(34)32-13-4-5-25(32)21-33/h6-9,22,25,33H,4-5,10-21H2,1-3H3/t25-/m0/s1. The minimum atomic E-state index is -0.437. The third kappa shape index (κ3) is 6.91. The van der Waals surface area contributed by atoms with Gasteiger partial charge in [-0.05, 0) is 89.6 Å². The first kappa shape index (κ1) is 26.7. The second-order valence-electron chi connectivity index (χ2n) is 11.6. The maximum Gasteiger partial charge on any atom is 0.410 e. The summed E-state index contributed by atoms with van der Waals surface area (Å²) in [7, 11) is 0. The van der Waals surface area contributed by atoms with E-state index in [4.69, 9.17) is 4.74 Å². The van der Waals surface area contributed by atoms with Crippen LogP contribution in [-0.2, 0) is 4.74 Å². The number of benzene rings is 1. The van der Waals surface area contributed by atoms with Crippen molar-refractivity contribution in [3.05, 3.63) is 29.8 Å². The van der Waals surface area contributed by atoms with Crippen LogP contribution in [-0.4, -0.2) is 102 Å². The highest BCUT2D eigenvalue weighted by Gasteiger charge is 2.29. The summed E-state index contributed by atoms with van der Waals surface area (Å²) in [5.74, 6) is 0.702. The molecule has 8 nitrogen and oxygen atoms in total. The molecule has 1 aromatic carbocycles. The Hall–Kier alpha value is -2.32. The topological polar surface area (TPSA) is 76.6 Å². The summed E-state index contributed by atoms with van der Waals surface area (Å²) in [4.78, 5) is 33.7. The molecule has 0 radical (unpaired) electrons. The Balaban J connectivity index is 1.17. The molecule has 36 heavy (non-hydrogen) atoms. The molecule has 200 valence electrons. The van der Waals surface area contributed by atoms with Gasteiger partial charge in [-0.15, -0.1) is 0 Å². The van der Waals surface area contributed by atoms with Crippen molar-refractivity contribution in [2.24, 2.45) is 5.92 Å². The van der Waals surface area contributed by atoms with E-state index in [-0.39, 0.29) is 24.6 Å². The van der Waals surface area contributed by atoms with E-state index in [0.717, 1.165) is 78.0 Å². The molecule has 3 heterocycles. The minimum Gasteiger partial charge on any atom is -0.444 e. The van der Waals surface area contributed by atoms with Crippen LogP contribution >= 0.6 is 0 Å². The molecule has 3 aliphatic rings. The van der Waals surface area contributed by atoms with Crippen LogP contribution in [0.3, 0.4) is 0 Å². The molecule has 8 heteroatoms. The van der Waals surface area contributed by atoms with Crippen molar-refractivity contribution in [1.82, 2.24) is 14.7 Å². The molecule has 0 aliphatic carbocycles. The number of nitrogens with zero attached hydrogens (tertiary/aromatic N) is 4. The number of piperidine rings is 1. The predicted octanol–water partition coefficient (Wildman–Crippen LogP) is 3.44. The van der Waals surface area contributed by atoms with Gasteiger partial charge in [0, 0.05) is 57.1 Å². The van der Waals surface area contributed by atoms with Crippen molar-refractivity contribution in [2.75, 3.05) is 63.9 Å². The van der Waals surface area contributed by atoms with Gasteiger partial charge in [-0.1, -0.05) is 0 Å². The van der Waals surface area contributed by atoms with Crippen LogP contribution in [0.25, 0.3) is 0 Å². The number of rotatable bonds is 6. The van der Waals surface area contributed by atoms with Crippen LogP contribution in [0, 0.1) is 5.92 Å². The molecule has 0 bridgehead atoms. The molecule has 3 fully saturated rings. The number of aliphatic hydroxyl groups is 1. The van der Waals surface area contributed by atoms with Gasteiger partial charge in [0.15, 0.2) is 0 Å². The van der Waals surface area contributed by atoms with Gasteiger partial charge in [0.1, 0.15) is 5.60 Å². The largest absolute Gasteiger partial charge is 0.444 e.